The van der Waals surface area contributed by atoms with Crippen LogP contribution in [0.3, 0.4) is 0 Å². The van der Waals surface area contributed by atoms with Crippen LogP contribution in [0.5, 0.6) is 0 Å². The van der Waals surface area contributed by atoms with Crippen LogP contribution in [-0.4, -0.2) is 0 Å². The summed E-state index contributed by atoms with van der Waals surface area (Å²) in [6, 6.07) is 9.80. The van der Waals surface area contributed by atoms with Gasteiger partial charge in [0.15, 0.2) is 0 Å². The Balaban J connectivity index is 2.72. The van der Waals surface area contributed by atoms with Crippen molar-refractivity contribution in [1.29, 1.82) is 0 Å². The van der Waals surface area contributed by atoms with Gasteiger partial charge in [-0.15, -0.1) is 17.8 Å². The van der Waals surface area contributed by atoms with Crippen LogP contribution in [0.1, 0.15) is 0 Å². The molecule has 0 unspecified atom stereocenters. The molecule has 1 aromatic rings. The minimum Gasteiger partial charge on any atom is -0.524 e. The van der Waals surface area contributed by atoms with E-state index < -0.39 is 0 Å². The van der Waals surface area contributed by atoms with Crippen molar-refractivity contribution in [2.75, 3.05) is 5.32 Å². The number of benzene rings is 1. The predicted octanol–water partition coefficient (Wildman–Crippen LogP) is 2.05. The van der Waals surface area contributed by atoms with Crippen LogP contribution in [0.25, 0.3) is 0 Å². The van der Waals surface area contributed by atoms with Crippen molar-refractivity contribution in [3.8, 4) is 0 Å². The molecule has 0 aliphatic carbocycles. The molecule has 0 atom stereocenters. The first kappa shape index (κ1) is 5.89. The Morgan fingerprint density at radius 2 is 1.89 bits per heavy atom. The molecule has 1 heteroatoms. The highest BCUT2D eigenvalue weighted by atomic mass is 14.8. The number of para-hydroxylation sites is 1. The third kappa shape index (κ3) is 1.61. The molecule has 0 aromatic heterocycles. The van der Waals surface area contributed by atoms with Crippen LogP contribution in [-0.2, 0) is 0 Å². The van der Waals surface area contributed by atoms with Crippen molar-refractivity contribution >= 4 is 5.69 Å². The van der Waals surface area contributed by atoms with E-state index in [1.54, 1.807) is 0 Å². The molecule has 0 aliphatic rings. The van der Waals surface area contributed by atoms with Gasteiger partial charge in [0.25, 0.3) is 0 Å². The molecule has 0 amide bonds. The Labute approximate surface area is 55.0 Å². The molecular weight excluding hydrogens is 110 g/mol. The van der Waals surface area contributed by atoms with E-state index in [9.17, 15) is 0 Å². The lowest BCUT2D eigenvalue weighted by atomic mass is 10.3. The van der Waals surface area contributed by atoms with Crippen molar-refractivity contribution in [2.24, 2.45) is 0 Å². The summed E-state index contributed by atoms with van der Waals surface area (Å²) in [5.74, 6) is 0. The van der Waals surface area contributed by atoms with Crippen LogP contribution < -0.4 is 5.32 Å². The zero-order valence-corrected chi connectivity index (χ0v) is 5.09. The summed E-state index contributed by atoms with van der Waals surface area (Å²) < 4.78 is 0. The third-order valence-corrected chi connectivity index (χ3v) is 1.01. The van der Waals surface area contributed by atoms with E-state index in [0.29, 0.717) is 0 Å². The van der Waals surface area contributed by atoms with Gasteiger partial charge in [-0.3, -0.25) is 0 Å². The first-order valence-corrected chi connectivity index (χ1v) is 2.76. The van der Waals surface area contributed by atoms with Gasteiger partial charge in [-0.1, -0.05) is 18.2 Å². The highest BCUT2D eigenvalue weighted by molar-refractivity contribution is 5.43. The molecule has 0 spiro atoms. The molecule has 1 nitrogen and oxygen atoms in total. The zero-order chi connectivity index (χ0) is 6.53. The van der Waals surface area contributed by atoms with Gasteiger partial charge in [0.1, 0.15) is 0 Å². The van der Waals surface area contributed by atoms with E-state index >= 15 is 0 Å². The van der Waals surface area contributed by atoms with Gasteiger partial charge in [-0.25, -0.2) is 0 Å². The first-order valence-electron chi connectivity index (χ1n) is 2.76. The standard InChI is InChI=1S/C8H8N/c1-2-9-8-6-4-3-5-7-8/h3-7,9H,1H2/q-1. The van der Waals surface area contributed by atoms with Gasteiger partial charge in [-0.2, -0.15) is 12.8 Å². The van der Waals surface area contributed by atoms with Crippen molar-refractivity contribution in [3.63, 3.8) is 0 Å². The first-order chi connectivity index (χ1) is 4.43. The van der Waals surface area contributed by atoms with Crippen molar-refractivity contribution < 1.29 is 0 Å². The van der Waals surface area contributed by atoms with Crippen molar-refractivity contribution in [2.45, 2.75) is 0 Å². The fourth-order valence-electron chi connectivity index (χ4n) is 0.624. The Hall–Kier alpha value is -1.24. The normalized spacial score (nSPS) is 8.44. The topological polar surface area (TPSA) is 12.0 Å². The quantitative estimate of drug-likeness (QED) is 0.463. The number of nitrogens with one attached hydrogen (secondary N) is 1. The molecule has 0 fully saturated rings. The molecule has 46 valence electrons. The Morgan fingerprint density at radius 1 is 1.22 bits per heavy atom. The molecule has 9 heavy (non-hydrogen) atoms. The van der Waals surface area contributed by atoms with Crippen molar-refractivity contribution in [1.82, 2.24) is 0 Å². The van der Waals surface area contributed by atoms with Crippen molar-refractivity contribution in [3.05, 3.63) is 43.1 Å². The molecule has 0 saturated heterocycles. The van der Waals surface area contributed by atoms with Gasteiger partial charge in [0.05, 0.1) is 0 Å². The Bertz CT molecular complexity index is 179. The maximum Gasteiger partial charge on any atom is -0.0652 e. The second kappa shape index (κ2) is 2.92. The highest BCUT2D eigenvalue weighted by Gasteiger charge is 1.69. The summed E-state index contributed by atoms with van der Waals surface area (Å²) in [7, 11) is 0. The second-order valence-corrected chi connectivity index (χ2v) is 1.67. The average molecular weight is 118 g/mol. The Kier molecular flexibility index (Phi) is 1.91. The molecule has 1 aromatic carbocycles. The lowest BCUT2D eigenvalue weighted by Crippen LogP contribution is -1.83. The third-order valence-electron chi connectivity index (χ3n) is 1.01. The Morgan fingerprint density at radius 3 is 2.44 bits per heavy atom. The van der Waals surface area contributed by atoms with E-state index in [4.69, 9.17) is 0 Å². The maximum absolute atomic E-state index is 3.42. The number of anilines is 1. The molecule has 0 saturated carbocycles. The maximum atomic E-state index is 3.42. The second-order valence-electron chi connectivity index (χ2n) is 1.67. The molecule has 1 N–H and O–H groups in total. The SMILES string of the molecule is C=[C-]Nc1ccccc1. The van der Waals surface area contributed by atoms with Crippen LogP contribution >= 0.6 is 0 Å². The summed E-state index contributed by atoms with van der Waals surface area (Å²) in [5.41, 5.74) is 1.02. The van der Waals surface area contributed by atoms with Crippen LogP contribution in [0.2, 0.25) is 0 Å². The molecular formula is C8H8N-. The number of hydrogen-bond donors (Lipinski definition) is 1. The van der Waals surface area contributed by atoms with E-state index in [0.717, 1.165) is 5.69 Å². The highest BCUT2D eigenvalue weighted by Crippen LogP contribution is 2.02. The lowest BCUT2D eigenvalue weighted by Gasteiger charge is -2.08. The fraction of sp³-hybridized carbons (Fsp3) is 0. The number of hydrogen-bond acceptors (Lipinski definition) is 1. The van der Waals surface area contributed by atoms with Gasteiger partial charge >= 0.3 is 0 Å². The smallest absolute Gasteiger partial charge is 0.0652 e. The largest absolute Gasteiger partial charge is 0.524 e. The summed E-state index contributed by atoms with van der Waals surface area (Å²) in [6.07, 6.45) is 2.58. The summed E-state index contributed by atoms with van der Waals surface area (Å²) in [5, 5.41) is 2.85. The molecule has 0 aliphatic heterocycles. The lowest BCUT2D eigenvalue weighted by molar-refractivity contribution is 1.56. The van der Waals surface area contributed by atoms with E-state index in [2.05, 4.69) is 18.1 Å². The molecule has 0 bridgehead atoms. The van der Waals surface area contributed by atoms with Crippen LogP contribution in [0.4, 0.5) is 5.69 Å². The molecule has 0 heterocycles. The predicted molar refractivity (Wildman–Crippen MR) is 38.9 cm³/mol. The van der Waals surface area contributed by atoms with Gasteiger partial charge in [0.2, 0.25) is 0 Å². The summed E-state index contributed by atoms with van der Waals surface area (Å²) in [6.45, 7) is 3.42. The number of rotatable bonds is 2. The molecule has 1 rings (SSSR count). The minimum absolute atomic E-state index is 1.02. The van der Waals surface area contributed by atoms with Gasteiger partial charge in [0, 0.05) is 0 Å². The summed E-state index contributed by atoms with van der Waals surface area (Å²) in [4.78, 5) is 0. The molecule has 0 radical (unpaired) electrons. The van der Waals surface area contributed by atoms with E-state index in [1.165, 1.54) is 0 Å². The van der Waals surface area contributed by atoms with Crippen LogP contribution in [0.15, 0.2) is 36.9 Å². The zero-order valence-electron chi connectivity index (χ0n) is 5.09. The average Bonchev–Trinajstić information content (AvgIpc) is 1.91. The summed E-state index contributed by atoms with van der Waals surface area (Å²) >= 11 is 0. The van der Waals surface area contributed by atoms with Gasteiger partial charge < -0.3 is 5.32 Å². The monoisotopic (exact) mass is 118 g/mol. The van der Waals surface area contributed by atoms with E-state index in [1.807, 2.05) is 30.3 Å². The van der Waals surface area contributed by atoms with Crippen LogP contribution in [0, 0.1) is 6.20 Å². The fourth-order valence-corrected chi connectivity index (χ4v) is 0.624. The van der Waals surface area contributed by atoms with Gasteiger partial charge in [-0.05, 0) is 0 Å². The van der Waals surface area contributed by atoms with E-state index in [-0.39, 0.29) is 0 Å². The minimum atomic E-state index is 1.02.